The van der Waals surface area contributed by atoms with Gasteiger partial charge in [-0.2, -0.15) is 0 Å². The smallest absolute Gasteiger partial charge is 0.283 e. The molecule has 1 aromatic carbocycles. The van der Waals surface area contributed by atoms with Crippen LogP contribution in [0.15, 0.2) is 51.4 Å². The number of anilines is 1. The normalized spacial score (nSPS) is 10.3. The van der Waals surface area contributed by atoms with Crippen molar-refractivity contribution in [3.8, 4) is 0 Å². The van der Waals surface area contributed by atoms with Gasteiger partial charge in [0.15, 0.2) is 5.03 Å². The molecule has 2 rings (SSSR count). The van der Waals surface area contributed by atoms with E-state index in [9.17, 15) is 4.79 Å². The fourth-order valence-electron chi connectivity index (χ4n) is 1.22. The van der Waals surface area contributed by atoms with Crippen LogP contribution in [0, 0.1) is 0 Å². The Balaban J connectivity index is 2.39. The molecule has 1 aromatic heterocycles. The van der Waals surface area contributed by atoms with Gasteiger partial charge in [0, 0.05) is 30.0 Å². The quantitative estimate of drug-likeness (QED) is 0.799. The highest BCUT2D eigenvalue weighted by atomic mass is 32.2. The number of benzene rings is 1. The van der Waals surface area contributed by atoms with E-state index in [1.807, 2.05) is 18.2 Å². The summed E-state index contributed by atoms with van der Waals surface area (Å²) in [6.45, 7) is 0. The number of nitrogens with zero attached hydrogens (tertiary/aromatic N) is 2. The third kappa shape index (κ3) is 2.09. The largest absolute Gasteiger partial charge is 0.398 e. The summed E-state index contributed by atoms with van der Waals surface area (Å²) < 4.78 is 1.49. The van der Waals surface area contributed by atoms with Crippen LogP contribution in [0.4, 0.5) is 5.69 Å². The van der Waals surface area contributed by atoms with E-state index < -0.39 is 0 Å². The number of rotatable bonds is 2. The van der Waals surface area contributed by atoms with Crippen molar-refractivity contribution in [3.05, 3.63) is 47.0 Å². The van der Waals surface area contributed by atoms with E-state index in [4.69, 9.17) is 5.73 Å². The average Bonchev–Trinajstić information content (AvgIpc) is 2.28. The summed E-state index contributed by atoms with van der Waals surface area (Å²) in [4.78, 5) is 16.6. The maximum absolute atomic E-state index is 11.7. The van der Waals surface area contributed by atoms with Crippen molar-refractivity contribution in [2.24, 2.45) is 7.05 Å². The Labute approximate surface area is 97.1 Å². The van der Waals surface area contributed by atoms with Crippen molar-refractivity contribution in [3.63, 3.8) is 0 Å². The Morgan fingerprint density at radius 3 is 2.88 bits per heavy atom. The molecule has 4 nitrogen and oxygen atoms in total. The van der Waals surface area contributed by atoms with Crippen LogP contribution in [-0.2, 0) is 7.05 Å². The van der Waals surface area contributed by atoms with Gasteiger partial charge in [0.2, 0.25) is 0 Å². The molecule has 0 aliphatic carbocycles. The molecule has 82 valence electrons. The molecule has 2 aromatic rings. The molecule has 1 heterocycles. The van der Waals surface area contributed by atoms with Crippen LogP contribution in [0.3, 0.4) is 0 Å². The Bertz CT molecular complexity index is 565. The third-order valence-electron chi connectivity index (χ3n) is 2.11. The minimum absolute atomic E-state index is 0.115. The van der Waals surface area contributed by atoms with Gasteiger partial charge in [0.25, 0.3) is 5.56 Å². The fraction of sp³-hybridized carbons (Fsp3) is 0.0909. The van der Waals surface area contributed by atoms with Gasteiger partial charge in [-0.3, -0.25) is 4.79 Å². The zero-order valence-corrected chi connectivity index (χ0v) is 9.57. The van der Waals surface area contributed by atoms with Crippen LogP contribution >= 0.6 is 11.8 Å². The van der Waals surface area contributed by atoms with Crippen molar-refractivity contribution in [1.82, 2.24) is 9.55 Å². The lowest BCUT2D eigenvalue weighted by Gasteiger charge is -2.04. The average molecular weight is 233 g/mol. The maximum Gasteiger partial charge on any atom is 0.283 e. The first-order valence-corrected chi connectivity index (χ1v) is 5.54. The molecule has 0 amide bonds. The van der Waals surface area contributed by atoms with Gasteiger partial charge in [-0.25, -0.2) is 4.98 Å². The second-order valence-corrected chi connectivity index (χ2v) is 4.32. The molecule has 0 aliphatic rings. The molecular weight excluding hydrogens is 222 g/mol. The minimum atomic E-state index is -0.115. The molecule has 0 radical (unpaired) electrons. The lowest BCUT2D eigenvalue weighted by molar-refractivity contribution is 0.794. The van der Waals surface area contributed by atoms with Crippen LogP contribution in [0.25, 0.3) is 0 Å². The first-order valence-electron chi connectivity index (χ1n) is 4.72. The monoisotopic (exact) mass is 233 g/mol. The SMILES string of the molecule is Cn1ccnc(Sc2ccccc2N)c1=O. The molecule has 0 bridgehead atoms. The molecule has 0 saturated carbocycles. The van der Waals surface area contributed by atoms with Crippen molar-refractivity contribution in [2.75, 3.05) is 5.73 Å². The molecule has 0 aliphatic heterocycles. The summed E-state index contributed by atoms with van der Waals surface area (Å²) in [6.07, 6.45) is 3.23. The molecule has 2 N–H and O–H groups in total. The summed E-state index contributed by atoms with van der Waals surface area (Å²) in [6, 6.07) is 7.41. The molecular formula is C11H11N3OS. The van der Waals surface area contributed by atoms with Crippen LogP contribution in [0.2, 0.25) is 0 Å². The van der Waals surface area contributed by atoms with E-state index in [2.05, 4.69) is 4.98 Å². The van der Waals surface area contributed by atoms with Crippen molar-refractivity contribution in [1.29, 1.82) is 0 Å². The summed E-state index contributed by atoms with van der Waals surface area (Å²) in [5.41, 5.74) is 6.34. The highest BCUT2D eigenvalue weighted by Gasteiger charge is 2.06. The van der Waals surface area contributed by atoms with Gasteiger partial charge in [0.1, 0.15) is 0 Å². The van der Waals surface area contributed by atoms with Crippen molar-refractivity contribution >= 4 is 17.4 Å². The number of nitrogen functional groups attached to an aromatic ring is 1. The van der Waals surface area contributed by atoms with Crippen LogP contribution < -0.4 is 11.3 Å². The van der Waals surface area contributed by atoms with Crippen molar-refractivity contribution < 1.29 is 0 Å². The Morgan fingerprint density at radius 1 is 1.38 bits per heavy atom. The van der Waals surface area contributed by atoms with E-state index in [1.165, 1.54) is 16.3 Å². The summed E-state index contributed by atoms with van der Waals surface area (Å²) >= 11 is 1.29. The lowest BCUT2D eigenvalue weighted by Crippen LogP contribution is -2.18. The van der Waals surface area contributed by atoms with Crippen molar-refractivity contribution in [2.45, 2.75) is 9.92 Å². The van der Waals surface area contributed by atoms with E-state index >= 15 is 0 Å². The topological polar surface area (TPSA) is 60.9 Å². The number of aryl methyl sites for hydroxylation is 1. The van der Waals surface area contributed by atoms with Gasteiger partial charge in [-0.15, -0.1) is 0 Å². The summed E-state index contributed by atoms with van der Waals surface area (Å²) in [5, 5.41) is 0.433. The number of nitrogens with two attached hydrogens (primary N) is 1. The molecule has 0 unspecified atom stereocenters. The van der Waals surface area contributed by atoms with Gasteiger partial charge in [-0.05, 0) is 12.1 Å². The van der Waals surface area contributed by atoms with Gasteiger partial charge < -0.3 is 10.3 Å². The molecule has 16 heavy (non-hydrogen) atoms. The zero-order chi connectivity index (χ0) is 11.5. The summed E-state index contributed by atoms with van der Waals surface area (Å²) in [7, 11) is 1.70. The van der Waals surface area contributed by atoms with Crippen LogP contribution in [0.5, 0.6) is 0 Å². The maximum atomic E-state index is 11.7. The fourth-order valence-corrected chi connectivity index (χ4v) is 2.11. The van der Waals surface area contributed by atoms with Gasteiger partial charge in [0.05, 0.1) is 0 Å². The van der Waals surface area contributed by atoms with E-state index in [-0.39, 0.29) is 5.56 Å². The van der Waals surface area contributed by atoms with E-state index in [0.29, 0.717) is 10.7 Å². The van der Waals surface area contributed by atoms with Gasteiger partial charge in [-0.1, -0.05) is 23.9 Å². The Kier molecular flexibility index (Phi) is 2.96. The predicted octanol–water partition coefficient (Wildman–Crippen LogP) is 1.51. The highest BCUT2D eigenvalue weighted by Crippen LogP contribution is 2.28. The molecule has 0 saturated heterocycles. The molecule has 0 atom stereocenters. The molecule has 0 spiro atoms. The van der Waals surface area contributed by atoms with E-state index in [1.54, 1.807) is 25.5 Å². The van der Waals surface area contributed by atoms with E-state index in [0.717, 1.165) is 4.90 Å². The second kappa shape index (κ2) is 4.40. The Morgan fingerprint density at radius 2 is 2.12 bits per heavy atom. The summed E-state index contributed by atoms with van der Waals surface area (Å²) in [5.74, 6) is 0. The molecule has 0 fully saturated rings. The van der Waals surface area contributed by atoms with Gasteiger partial charge >= 0.3 is 0 Å². The number of hydrogen-bond acceptors (Lipinski definition) is 4. The first-order chi connectivity index (χ1) is 7.68. The number of hydrogen-bond donors (Lipinski definition) is 1. The lowest BCUT2D eigenvalue weighted by atomic mass is 10.3. The zero-order valence-electron chi connectivity index (χ0n) is 8.75. The Hall–Kier alpha value is -1.75. The van der Waals surface area contributed by atoms with Crippen LogP contribution in [0.1, 0.15) is 0 Å². The number of para-hydroxylation sites is 1. The predicted molar refractivity (Wildman–Crippen MR) is 64.5 cm³/mol. The third-order valence-corrected chi connectivity index (χ3v) is 3.18. The minimum Gasteiger partial charge on any atom is -0.398 e. The highest BCUT2D eigenvalue weighted by molar-refractivity contribution is 7.99. The standard InChI is InChI=1S/C11H11N3OS/c1-14-7-6-13-10(11(14)15)16-9-5-3-2-4-8(9)12/h2-7H,12H2,1H3. The molecule has 5 heteroatoms. The van der Waals surface area contributed by atoms with Crippen LogP contribution in [-0.4, -0.2) is 9.55 Å². The first kappa shape index (κ1) is 10.8. The number of aromatic nitrogens is 2. The second-order valence-electron chi connectivity index (χ2n) is 3.29.